The lowest BCUT2D eigenvalue weighted by Gasteiger charge is -2.34. The van der Waals surface area contributed by atoms with E-state index in [0.717, 1.165) is 44.8 Å². The summed E-state index contributed by atoms with van der Waals surface area (Å²) in [6.45, 7) is 5.85. The Kier molecular flexibility index (Phi) is 8.65. The molecule has 2 aromatic carbocycles. The monoisotopic (exact) mass is 531 g/mol. The van der Waals surface area contributed by atoms with Gasteiger partial charge < -0.3 is 20.3 Å². The van der Waals surface area contributed by atoms with Crippen LogP contribution in [0.25, 0.3) is 11.1 Å². The van der Waals surface area contributed by atoms with Crippen molar-refractivity contribution >= 4 is 11.8 Å². The average Bonchev–Trinajstić information content (AvgIpc) is 2.87. The molecule has 0 unspecified atom stereocenters. The number of likely N-dealkylation sites (tertiary alicyclic amines) is 2. The number of hydrogen-bond donors (Lipinski definition) is 1. The summed E-state index contributed by atoms with van der Waals surface area (Å²) in [5.74, 6) is -1.94. The molecular formula is C29H36F3N3O3. The Bertz CT molecular complexity index is 1160. The zero-order valence-corrected chi connectivity index (χ0v) is 22.0. The van der Waals surface area contributed by atoms with Gasteiger partial charge in [0.2, 0.25) is 5.91 Å². The van der Waals surface area contributed by atoms with E-state index >= 15 is 4.39 Å². The molecule has 2 N–H and O–H groups in total. The first-order valence-corrected chi connectivity index (χ1v) is 13.3. The fourth-order valence-corrected chi connectivity index (χ4v) is 5.35. The third-order valence-corrected chi connectivity index (χ3v) is 7.33. The maximum absolute atomic E-state index is 15.0. The van der Waals surface area contributed by atoms with Crippen LogP contribution in [0, 0.1) is 17.6 Å². The van der Waals surface area contributed by atoms with Gasteiger partial charge in [-0.05, 0) is 94.8 Å². The van der Waals surface area contributed by atoms with Crippen molar-refractivity contribution in [1.29, 1.82) is 0 Å². The van der Waals surface area contributed by atoms with Crippen molar-refractivity contribution < 1.29 is 27.5 Å². The van der Waals surface area contributed by atoms with Crippen molar-refractivity contribution in [2.45, 2.75) is 57.7 Å². The molecule has 4 rings (SSSR count). The molecule has 2 aliphatic heterocycles. The Labute approximate surface area is 221 Å². The van der Waals surface area contributed by atoms with Crippen LogP contribution in [0.4, 0.5) is 13.2 Å². The third-order valence-electron chi connectivity index (χ3n) is 7.33. The maximum Gasteiger partial charge on any atom is 0.254 e. The summed E-state index contributed by atoms with van der Waals surface area (Å²) >= 11 is 0. The summed E-state index contributed by atoms with van der Waals surface area (Å²) in [7, 11) is 0. The van der Waals surface area contributed by atoms with E-state index in [1.165, 1.54) is 29.2 Å². The highest BCUT2D eigenvalue weighted by molar-refractivity contribution is 5.98. The molecule has 0 saturated carbocycles. The number of hydrogen-bond acceptors (Lipinski definition) is 4. The molecular weight excluding hydrogens is 495 g/mol. The van der Waals surface area contributed by atoms with Crippen molar-refractivity contribution in [3.8, 4) is 16.9 Å². The Morgan fingerprint density at radius 1 is 1.00 bits per heavy atom. The van der Waals surface area contributed by atoms with Crippen molar-refractivity contribution in [3.05, 3.63) is 53.6 Å². The minimum atomic E-state index is -1.23. The number of piperidine rings is 2. The van der Waals surface area contributed by atoms with Gasteiger partial charge in [0, 0.05) is 24.2 Å². The highest BCUT2D eigenvalue weighted by Crippen LogP contribution is 2.30. The van der Waals surface area contributed by atoms with Crippen LogP contribution in [0.3, 0.4) is 0 Å². The largest absolute Gasteiger partial charge is 0.490 e. The number of nitrogens with two attached hydrogens (primary N) is 1. The van der Waals surface area contributed by atoms with Crippen LogP contribution >= 0.6 is 0 Å². The van der Waals surface area contributed by atoms with Crippen LogP contribution in [0.5, 0.6) is 5.75 Å². The van der Waals surface area contributed by atoms with E-state index in [-0.39, 0.29) is 22.8 Å². The fourth-order valence-electron chi connectivity index (χ4n) is 5.35. The van der Waals surface area contributed by atoms with Crippen LogP contribution in [0.15, 0.2) is 36.4 Å². The number of ether oxygens (including phenoxy) is 1. The van der Waals surface area contributed by atoms with Crippen LogP contribution < -0.4 is 10.5 Å². The summed E-state index contributed by atoms with van der Waals surface area (Å²) < 4.78 is 49.5. The molecule has 2 heterocycles. The molecule has 206 valence electrons. The molecule has 2 aliphatic rings. The van der Waals surface area contributed by atoms with Gasteiger partial charge in [0.15, 0.2) is 11.6 Å². The van der Waals surface area contributed by atoms with Gasteiger partial charge in [0.1, 0.15) is 17.5 Å². The van der Waals surface area contributed by atoms with E-state index in [0.29, 0.717) is 31.7 Å². The summed E-state index contributed by atoms with van der Waals surface area (Å²) in [4.78, 5) is 28.2. The Hall–Kier alpha value is -3.07. The van der Waals surface area contributed by atoms with Gasteiger partial charge in [-0.2, -0.15) is 0 Å². The topological polar surface area (TPSA) is 75.9 Å². The minimum absolute atomic E-state index is 0.0934. The molecule has 2 aromatic rings. The van der Waals surface area contributed by atoms with E-state index < -0.39 is 35.2 Å². The number of nitrogens with zero attached hydrogens (tertiary/aromatic N) is 2. The molecule has 2 amide bonds. The summed E-state index contributed by atoms with van der Waals surface area (Å²) in [6.07, 6.45) is 3.74. The van der Waals surface area contributed by atoms with Crippen LogP contribution in [0.1, 0.15) is 56.3 Å². The molecule has 38 heavy (non-hydrogen) atoms. The second kappa shape index (κ2) is 11.8. The normalized spacial score (nSPS) is 19.4. The second-order valence-electron chi connectivity index (χ2n) is 11.0. The molecule has 0 radical (unpaired) electrons. The Morgan fingerprint density at radius 2 is 1.74 bits per heavy atom. The SMILES string of the molecule is CC(C)(F)CN1CCC(COc2ccc(-c3ccc(C(=O)N4CCCC[C@H]4C(N)=O)cc3F)cc2F)CC1. The molecule has 0 aromatic heterocycles. The van der Waals surface area contributed by atoms with Gasteiger partial charge in [-0.25, -0.2) is 13.2 Å². The molecule has 0 aliphatic carbocycles. The van der Waals surface area contributed by atoms with E-state index in [1.807, 2.05) is 0 Å². The lowest BCUT2D eigenvalue weighted by molar-refractivity contribution is -0.123. The Morgan fingerprint density at radius 3 is 2.37 bits per heavy atom. The fraction of sp³-hybridized carbons (Fsp3) is 0.517. The number of alkyl halides is 1. The van der Waals surface area contributed by atoms with Gasteiger partial charge in [0.25, 0.3) is 5.91 Å². The van der Waals surface area contributed by atoms with Gasteiger partial charge >= 0.3 is 0 Å². The number of rotatable bonds is 8. The zero-order chi connectivity index (χ0) is 27.4. The number of halogens is 3. The van der Waals surface area contributed by atoms with Crippen molar-refractivity contribution in [2.75, 3.05) is 32.8 Å². The predicted octanol–water partition coefficient (Wildman–Crippen LogP) is 4.95. The molecule has 9 heteroatoms. The smallest absolute Gasteiger partial charge is 0.254 e. The molecule has 0 spiro atoms. The van der Waals surface area contributed by atoms with Gasteiger partial charge in [-0.3, -0.25) is 9.59 Å². The molecule has 6 nitrogen and oxygen atoms in total. The first-order valence-electron chi connectivity index (χ1n) is 13.3. The predicted molar refractivity (Wildman–Crippen MR) is 140 cm³/mol. The maximum atomic E-state index is 15.0. The summed E-state index contributed by atoms with van der Waals surface area (Å²) in [6, 6.07) is 7.61. The third kappa shape index (κ3) is 6.87. The summed E-state index contributed by atoms with van der Waals surface area (Å²) in [5.41, 5.74) is 4.81. The van der Waals surface area contributed by atoms with E-state index in [9.17, 15) is 18.4 Å². The van der Waals surface area contributed by atoms with E-state index in [1.54, 1.807) is 19.9 Å². The molecule has 1 atom stereocenters. The van der Waals surface area contributed by atoms with Crippen LogP contribution in [0.2, 0.25) is 0 Å². The zero-order valence-electron chi connectivity index (χ0n) is 22.0. The number of amides is 2. The van der Waals surface area contributed by atoms with Crippen molar-refractivity contribution in [1.82, 2.24) is 9.80 Å². The van der Waals surface area contributed by atoms with Gasteiger partial charge in [0.05, 0.1) is 6.61 Å². The molecule has 2 fully saturated rings. The van der Waals surface area contributed by atoms with Crippen LogP contribution in [-0.4, -0.2) is 66.1 Å². The summed E-state index contributed by atoms with van der Waals surface area (Å²) in [5, 5.41) is 0. The lowest BCUT2D eigenvalue weighted by Crippen LogP contribution is -2.50. The highest BCUT2D eigenvalue weighted by Gasteiger charge is 2.31. The van der Waals surface area contributed by atoms with Crippen molar-refractivity contribution in [2.24, 2.45) is 11.7 Å². The molecule has 0 bridgehead atoms. The first kappa shape index (κ1) is 28.0. The van der Waals surface area contributed by atoms with Gasteiger partial charge in [-0.1, -0.05) is 12.1 Å². The minimum Gasteiger partial charge on any atom is -0.490 e. The number of benzene rings is 2. The van der Waals surface area contributed by atoms with E-state index in [2.05, 4.69) is 4.90 Å². The van der Waals surface area contributed by atoms with E-state index in [4.69, 9.17) is 10.5 Å². The number of carbonyl (C=O) groups is 2. The second-order valence-corrected chi connectivity index (χ2v) is 11.0. The first-order chi connectivity index (χ1) is 18.0. The van der Waals surface area contributed by atoms with Crippen LogP contribution in [-0.2, 0) is 4.79 Å². The molecule has 2 saturated heterocycles. The number of primary amides is 1. The Balaban J connectivity index is 1.37. The van der Waals surface area contributed by atoms with Gasteiger partial charge in [-0.15, -0.1) is 0 Å². The standard InChI is InChI=1S/C29H36F3N3O3/c1-29(2,32)18-34-13-10-19(11-14-34)17-38-26-9-7-20(15-24(26)31)22-8-6-21(16-23(22)30)28(37)35-12-4-3-5-25(35)27(33)36/h6-9,15-16,19,25H,3-5,10-14,17-18H2,1-2H3,(H2,33,36)/t25-/m0/s1. The quantitative estimate of drug-likeness (QED) is 0.523. The highest BCUT2D eigenvalue weighted by atomic mass is 19.1. The van der Waals surface area contributed by atoms with Crippen molar-refractivity contribution in [3.63, 3.8) is 0 Å². The number of carbonyl (C=O) groups excluding carboxylic acids is 2. The average molecular weight is 532 g/mol. The lowest BCUT2D eigenvalue weighted by atomic mass is 9.96.